The van der Waals surface area contributed by atoms with Crippen LogP contribution in [0, 0.1) is 0 Å². The van der Waals surface area contributed by atoms with Crippen LogP contribution in [0.2, 0.25) is 0 Å². The van der Waals surface area contributed by atoms with Gasteiger partial charge in [-0.3, -0.25) is 0 Å². The molecule has 0 bridgehead atoms. The first kappa shape index (κ1) is 12.7. The Bertz CT molecular complexity index is 410. The topological polar surface area (TPSA) is 44.3 Å². The maximum absolute atomic E-state index is 4.75. The first-order valence-electron chi connectivity index (χ1n) is 7.36. The van der Waals surface area contributed by atoms with Crippen LogP contribution in [0.15, 0.2) is 12.3 Å². The zero-order chi connectivity index (χ0) is 13.1. The molecule has 0 aromatic carbocycles. The van der Waals surface area contributed by atoms with Gasteiger partial charge in [0, 0.05) is 32.4 Å². The molecule has 2 fully saturated rings. The summed E-state index contributed by atoms with van der Waals surface area (Å²) in [5.41, 5.74) is 0. The Labute approximate surface area is 115 Å². The smallest absolute Gasteiger partial charge is 0.227 e. The molecule has 0 unspecified atom stereocenters. The Hall–Kier alpha value is -1.36. The van der Waals surface area contributed by atoms with Gasteiger partial charge in [0.25, 0.3) is 0 Å². The van der Waals surface area contributed by atoms with Crippen molar-refractivity contribution in [3.05, 3.63) is 12.3 Å². The molecule has 19 heavy (non-hydrogen) atoms. The van der Waals surface area contributed by atoms with Gasteiger partial charge in [-0.15, -0.1) is 0 Å². The molecule has 104 valence electrons. The molecule has 2 aliphatic heterocycles. The van der Waals surface area contributed by atoms with E-state index in [2.05, 4.69) is 27.1 Å². The standard InChI is InChI=1S/C14H23N5/c1-18(12-4-7-15-8-5-12)14-16-9-6-13(17-14)19-10-2-3-11-19/h6,9,12,15H,2-5,7-8,10-11H2,1H3. The fourth-order valence-corrected chi connectivity index (χ4v) is 2.99. The summed E-state index contributed by atoms with van der Waals surface area (Å²) < 4.78 is 0. The second kappa shape index (κ2) is 5.74. The number of piperidine rings is 1. The Morgan fingerprint density at radius 1 is 1.26 bits per heavy atom. The number of hydrogen-bond acceptors (Lipinski definition) is 5. The van der Waals surface area contributed by atoms with E-state index < -0.39 is 0 Å². The number of rotatable bonds is 3. The van der Waals surface area contributed by atoms with E-state index in [9.17, 15) is 0 Å². The van der Waals surface area contributed by atoms with E-state index in [0.29, 0.717) is 6.04 Å². The average molecular weight is 261 g/mol. The minimum absolute atomic E-state index is 0.565. The van der Waals surface area contributed by atoms with Gasteiger partial charge in [0.15, 0.2) is 0 Å². The third-order valence-electron chi connectivity index (χ3n) is 4.23. The first-order chi connectivity index (χ1) is 9.34. The number of aromatic nitrogens is 2. The van der Waals surface area contributed by atoms with Gasteiger partial charge >= 0.3 is 0 Å². The SMILES string of the molecule is CN(c1nccc(N2CCCC2)n1)C1CCNCC1. The van der Waals surface area contributed by atoms with Gasteiger partial charge in [-0.2, -0.15) is 4.98 Å². The number of hydrogen-bond donors (Lipinski definition) is 1. The molecule has 2 aliphatic rings. The van der Waals surface area contributed by atoms with Crippen LogP contribution in [-0.2, 0) is 0 Å². The summed E-state index contributed by atoms with van der Waals surface area (Å²) in [6, 6.07) is 2.60. The van der Waals surface area contributed by atoms with Crippen molar-refractivity contribution < 1.29 is 0 Å². The second-order valence-electron chi connectivity index (χ2n) is 5.50. The number of nitrogens with one attached hydrogen (secondary N) is 1. The Morgan fingerprint density at radius 2 is 2.00 bits per heavy atom. The highest BCUT2D eigenvalue weighted by Crippen LogP contribution is 2.21. The normalized spacial score (nSPS) is 20.8. The molecule has 0 amide bonds. The van der Waals surface area contributed by atoms with Crippen molar-refractivity contribution >= 4 is 11.8 Å². The molecule has 0 atom stereocenters. The Kier molecular flexibility index (Phi) is 3.82. The lowest BCUT2D eigenvalue weighted by Gasteiger charge is -2.32. The zero-order valence-corrected chi connectivity index (χ0v) is 11.7. The molecule has 1 aromatic rings. The van der Waals surface area contributed by atoms with E-state index in [0.717, 1.165) is 37.9 Å². The minimum Gasteiger partial charge on any atom is -0.356 e. The molecule has 3 heterocycles. The van der Waals surface area contributed by atoms with Gasteiger partial charge in [0.2, 0.25) is 5.95 Å². The highest BCUT2D eigenvalue weighted by atomic mass is 15.3. The highest BCUT2D eigenvalue weighted by Gasteiger charge is 2.21. The second-order valence-corrected chi connectivity index (χ2v) is 5.50. The quantitative estimate of drug-likeness (QED) is 0.887. The molecule has 0 aliphatic carbocycles. The largest absolute Gasteiger partial charge is 0.356 e. The van der Waals surface area contributed by atoms with Crippen LogP contribution in [0.5, 0.6) is 0 Å². The lowest BCUT2D eigenvalue weighted by Crippen LogP contribution is -2.42. The van der Waals surface area contributed by atoms with Crippen LogP contribution in [-0.4, -0.2) is 49.2 Å². The number of nitrogens with zero attached hydrogens (tertiary/aromatic N) is 4. The van der Waals surface area contributed by atoms with Crippen LogP contribution in [0.25, 0.3) is 0 Å². The minimum atomic E-state index is 0.565. The Balaban J connectivity index is 1.74. The van der Waals surface area contributed by atoms with E-state index >= 15 is 0 Å². The summed E-state index contributed by atoms with van der Waals surface area (Å²) >= 11 is 0. The van der Waals surface area contributed by atoms with Crippen molar-refractivity contribution in [1.29, 1.82) is 0 Å². The van der Waals surface area contributed by atoms with Gasteiger partial charge in [-0.05, 0) is 44.8 Å². The summed E-state index contributed by atoms with van der Waals surface area (Å²) in [6.45, 7) is 4.46. The predicted molar refractivity (Wildman–Crippen MR) is 77.8 cm³/mol. The van der Waals surface area contributed by atoms with Gasteiger partial charge in [0.05, 0.1) is 0 Å². The third-order valence-corrected chi connectivity index (χ3v) is 4.23. The van der Waals surface area contributed by atoms with Crippen molar-refractivity contribution in [1.82, 2.24) is 15.3 Å². The average Bonchev–Trinajstić information content (AvgIpc) is 3.02. The van der Waals surface area contributed by atoms with Crippen LogP contribution < -0.4 is 15.1 Å². The van der Waals surface area contributed by atoms with Crippen molar-refractivity contribution in [2.75, 3.05) is 43.0 Å². The molecule has 0 saturated carbocycles. The summed E-state index contributed by atoms with van der Waals surface area (Å²) in [4.78, 5) is 13.8. The molecule has 0 radical (unpaired) electrons. The summed E-state index contributed by atoms with van der Waals surface area (Å²) in [5, 5.41) is 3.40. The van der Waals surface area contributed by atoms with Gasteiger partial charge in [-0.25, -0.2) is 4.98 Å². The molecular weight excluding hydrogens is 238 g/mol. The fraction of sp³-hybridized carbons (Fsp3) is 0.714. The predicted octanol–water partition coefficient (Wildman–Crippen LogP) is 1.26. The van der Waals surface area contributed by atoms with Crippen LogP contribution in [0.4, 0.5) is 11.8 Å². The summed E-state index contributed by atoms with van der Waals surface area (Å²) in [6.07, 6.45) is 6.81. The first-order valence-corrected chi connectivity index (χ1v) is 7.36. The third kappa shape index (κ3) is 2.81. The lowest BCUT2D eigenvalue weighted by atomic mass is 10.1. The van der Waals surface area contributed by atoms with E-state index in [1.165, 1.54) is 25.7 Å². The van der Waals surface area contributed by atoms with Crippen molar-refractivity contribution in [3.63, 3.8) is 0 Å². The van der Waals surface area contributed by atoms with E-state index in [4.69, 9.17) is 4.98 Å². The van der Waals surface area contributed by atoms with Crippen LogP contribution >= 0.6 is 0 Å². The van der Waals surface area contributed by atoms with Crippen molar-refractivity contribution in [2.24, 2.45) is 0 Å². The zero-order valence-electron chi connectivity index (χ0n) is 11.7. The van der Waals surface area contributed by atoms with Gasteiger partial charge in [-0.1, -0.05) is 0 Å². The van der Waals surface area contributed by atoms with E-state index in [-0.39, 0.29) is 0 Å². The van der Waals surface area contributed by atoms with Crippen LogP contribution in [0.3, 0.4) is 0 Å². The molecule has 0 spiro atoms. The molecule has 5 heteroatoms. The molecule has 5 nitrogen and oxygen atoms in total. The monoisotopic (exact) mass is 261 g/mol. The number of anilines is 2. The summed E-state index contributed by atoms with van der Waals surface area (Å²) in [7, 11) is 2.12. The maximum Gasteiger partial charge on any atom is 0.227 e. The summed E-state index contributed by atoms with van der Waals surface area (Å²) in [5.74, 6) is 1.96. The molecule has 1 N–H and O–H groups in total. The molecule has 1 aromatic heterocycles. The lowest BCUT2D eigenvalue weighted by molar-refractivity contribution is 0.439. The highest BCUT2D eigenvalue weighted by molar-refractivity contribution is 5.44. The van der Waals surface area contributed by atoms with Crippen molar-refractivity contribution in [2.45, 2.75) is 31.7 Å². The molecule has 2 saturated heterocycles. The van der Waals surface area contributed by atoms with E-state index in [1.807, 2.05) is 12.3 Å². The van der Waals surface area contributed by atoms with Crippen molar-refractivity contribution in [3.8, 4) is 0 Å². The van der Waals surface area contributed by atoms with Crippen LogP contribution in [0.1, 0.15) is 25.7 Å². The van der Waals surface area contributed by atoms with E-state index in [1.54, 1.807) is 0 Å². The van der Waals surface area contributed by atoms with Gasteiger partial charge in [0.1, 0.15) is 5.82 Å². The van der Waals surface area contributed by atoms with Gasteiger partial charge < -0.3 is 15.1 Å². The molecule has 3 rings (SSSR count). The fourth-order valence-electron chi connectivity index (χ4n) is 2.99. The Morgan fingerprint density at radius 3 is 2.74 bits per heavy atom. The molecular formula is C14H23N5. The maximum atomic E-state index is 4.75.